The van der Waals surface area contributed by atoms with E-state index in [1.165, 1.54) is 18.4 Å². The molecule has 2 aliphatic rings. The SMILES string of the molecule is COc1ccc(OCC2c3cc(OC)c(OC)cc3CCN2C(=O)Nc2ccc(C3CC3)cc2)cc1.[HH]. The molecule has 7 nitrogen and oxygen atoms in total. The van der Waals surface area contributed by atoms with Gasteiger partial charge in [-0.25, -0.2) is 4.79 Å². The molecule has 1 saturated carbocycles. The number of ether oxygens (including phenoxy) is 4. The zero-order valence-electron chi connectivity index (χ0n) is 21.0. The van der Waals surface area contributed by atoms with E-state index in [-0.39, 0.29) is 13.5 Å². The maximum absolute atomic E-state index is 13.5. The summed E-state index contributed by atoms with van der Waals surface area (Å²) in [4.78, 5) is 15.3. The van der Waals surface area contributed by atoms with Gasteiger partial charge in [-0.2, -0.15) is 0 Å². The molecule has 2 amide bonds. The Morgan fingerprint density at radius 1 is 0.917 bits per heavy atom. The second-order valence-corrected chi connectivity index (χ2v) is 9.18. The average Bonchev–Trinajstić information content (AvgIpc) is 3.77. The third-order valence-corrected chi connectivity index (χ3v) is 6.94. The first-order chi connectivity index (χ1) is 17.6. The summed E-state index contributed by atoms with van der Waals surface area (Å²) in [6, 6.07) is 19.1. The normalized spacial score (nSPS) is 16.6. The third kappa shape index (κ3) is 5.05. The molecule has 0 spiro atoms. The number of rotatable bonds is 8. The van der Waals surface area contributed by atoms with Gasteiger partial charge < -0.3 is 29.2 Å². The van der Waals surface area contributed by atoms with Crippen molar-refractivity contribution in [1.29, 1.82) is 0 Å². The summed E-state index contributed by atoms with van der Waals surface area (Å²) >= 11 is 0. The lowest BCUT2D eigenvalue weighted by molar-refractivity contribution is 0.144. The lowest BCUT2D eigenvalue weighted by Gasteiger charge is -2.37. The van der Waals surface area contributed by atoms with Crippen molar-refractivity contribution in [2.45, 2.75) is 31.2 Å². The van der Waals surface area contributed by atoms with Gasteiger partial charge in [0.15, 0.2) is 11.5 Å². The minimum Gasteiger partial charge on any atom is -0.497 e. The molecule has 7 heteroatoms. The fourth-order valence-corrected chi connectivity index (χ4v) is 4.75. The van der Waals surface area contributed by atoms with Gasteiger partial charge in [0.2, 0.25) is 0 Å². The molecular formula is C29H34N2O5. The van der Waals surface area contributed by atoms with Crippen LogP contribution < -0.4 is 24.3 Å². The highest BCUT2D eigenvalue weighted by atomic mass is 16.5. The smallest absolute Gasteiger partial charge is 0.322 e. The van der Waals surface area contributed by atoms with E-state index in [1.807, 2.05) is 53.4 Å². The number of hydrogen-bond acceptors (Lipinski definition) is 5. The summed E-state index contributed by atoms with van der Waals surface area (Å²) in [6.07, 6.45) is 3.22. The van der Waals surface area contributed by atoms with Gasteiger partial charge in [0.05, 0.1) is 27.4 Å². The van der Waals surface area contributed by atoms with Crippen molar-refractivity contribution in [3.05, 3.63) is 77.4 Å². The fourth-order valence-electron chi connectivity index (χ4n) is 4.75. The molecule has 1 fully saturated rings. The minimum atomic E-state index is -0.304. The average molecular weight is 491 g/mol. The highest BCUT2D eigenvalue weighted by molar-refractivity contribution is 5.90. The number of amides is 2. The second kappa shape index (κ2) is 10.4. The van der Waals surface area contributed by atoms with Crippen molar-refractivity contribution in [2.24, 2.45) is 0 Å². The Kier molecular flexibility index (Phi) is 6.89. The monoisotopic (exact) mass is 490 g/mol. The van der Waals surface area contributed by atoms with Crippen LogP contribution in [0, 0.1) is 0 Å². The number of fused-ring (bicyclic) bond motifs is 1. The van der Waals surface area contributed by atoms with Gasteiger partial charge in [0.1, 0.15) is 18.1 Å². The number of anilines is 1. The zero-order chi connectivity index (χ0) is 25.1. The number of carbonyl (C=O) groups excluding carboxylic acids is 1. The van der Waals surface area contributed by atoms with E-state index in [4.69, 9.17) is 18.9 Å². The summed E-state index contributed by atoms with van der Waals surface area (Å²) in [5.74, 6) is 3.46. The quantitative estimate of drug-likeness (QED) is 0.417. The van der Waals surface area contributed by atoms with E-state index >= 15 is 0 Å². The molecule has 1 unspecified atom stereocenters. The van der Waals surface area contributed by atoms with Crippen LogP contribution in [-0.2, 0) is 6.42 Å². The van der Waals surface area contributed by atoms with Crippen LogP contribution in [0.25, 0.3) is 0 Å². The molecule has 190 valence electrons. The molecule has 1 heterocycles. The second-order valence-electron chi connectivity index (χ2n) is 9.18. The summed E-state index contributed by atoms with van der Waals surface area (Å²) in [6.45, 7) is 0.855. The van der Waals surface area contributed by atoms with Crippen LogP contribution in [0.4, 0.5) is 10.5 Å². The van der Waals surface area contributed by atoms with Gasteiger partial charge in [-0.3, -0.25) is 0 Å². The number of benzene rings is 3. The van der Waals surface area contributed by atoms with Gasteiger partial charge in [0, 0.05) is 13.7 Å². The van der Waals surface area contributed by atoms with Crippen LogP contribution in [0.1, 0.15) is 42.9 Å². The van der Waals surface area contributed by atoms with Crippen LogP contribution in [0.15, 0.2) is 60.7 Å². The molecule has 36 heavy (non-hydrogen) atoms. The molecule has 3 aromatic carbocycles. The van der Waals surface area contributed by atoms with E-state index in [0.717, 1.165) is 22.6 Å². The van der Waals surface area contributed by atoms with E-state index in [1.54, 1.807) is 21.3 Å². The highest BCUT2D eigenvalue weighted by Crippen LogP contribution is 2.41. The number of nitrogens with zero attached hydrogens (tertiary/aromatic N) is 1. The van der Waals surface area contributed by atoms with Gasteiger partial charge in [-0.1, -0.05) is 12.1 Å². The first-order valence-corrected chi connectivity index (χ1v) is 12.3. The number of carbonyl (C=O) groups is 1. The standard InChI is InChI=1S/C29H32N2O5.H2/c1-33-23-10-12-24(13-11-23)36-18-26-25-17-28(35-3)27(34-2)16-21(25)14-15-31(26)29(32)30-22-8-6-20(7-9-22)19-4-5-19;/h6-13,16-17,19,26H,4-5,14-15,18H2,1-3H3,(H,30,32);1H. The van der Waals surface area contributed by atoms with Crippen molar-refractivity contribution in [1.82, 2.24) is 4.90 Å². The predicted octanol–water partition coefficient (Wildman–Crippen LogP) is 6.05. The maximum atomic E-state index is 13.5. The molecule has 1 N–H and O–H groups in total. The number of nitrogens with one attached hydrogen (secondary N) is 1. The number of methoxy groups -OCH3 is 3. The molecule has 3 aromatic rings. The molecule has 0 bridgehead atoms. The van der Waals surface area contributed by atoms with Crippen LogP contribution in [0.5, 0.6) is 23.0 Å². The molecular weight excluding hydrogens is 456 g/mol. The lowest BCUT2D eigenvalue weighted by Crippen LogP contribution is -2.44. The van der Waals surface area contributed by atoms with Crippen molar-refractivity contribution >= 4 is 11.7 Å². The topological polar surface area (TPSA) is 69.3 Å². The molecule has 1 atom stereocenters. The largest absolute Gasteiger partial charge is 0.497 e. The first-order valence-electron chi connectivity index (χ1n) is 12.3. The van der Waals surface area contributed by atoms with Crippen molar-refractivity contribution in [3.8, 4) is 23.0 Å². The van der Waals surface area contributed by atoms with Gasteiger partial charge >= 0.3 is 6.03 Å². The zero-order valence-corrected chi connectivity index (χ0v) is 21.0. The predicted molar refractivity (Wildman–Crippen MR) is 141 cm³/mol. The van der Waals surface area contributed by atoms with Gasteiger partial charge in [0.25, 0.3) is 0 Å². The van der Waals surface area contributed by atoms with Crippen molar-refractivity contribution < 1.29 is 25.2 Å². The van der Waals surface area contributed by atoms with Crippen LogP contribution in [0.3, 0.4) is 0 Å². The summed E-state index contributed by atoms with van der Waals surface area (Å²) in [7, 11) is 4.88. The Morgan fingerprint density at radius 2 is 1.58 bits per heavy atom. The molecule has 1 aliphatic heterocycles. The summed E-state index contributed by atoms with van der Waals surface area (Å²) < 4.78 is 22.5. The Morgan fingerprint density at radius 3 is 2.22 bits per heavy atom. The Labute approximate surface area is 213 Å². The summed E-state index contributed by atoms with van der Waals surface area (Å²) in [5.41, 5.74) is 4.24. The Bertz CT molecular complexity index is 1210. The Balaban J connectivity index is 0.00000320. The van der Waals surface area contributed by atoms with E-state index in [9.17, 15) is 4.79 Å². The van der Waals surface area contributed by atoms with Crippen molar-refractivity contribution in [3.63, 3.8) is 0 Å². The molecule has 0 saturated heterocycles. The molecule has 1 aliphatic carbocycles. The number of urea groups is 1. The van der Waals surface area contributed by atoms with Crippen molar-refractivity contribution in [2.75, 3.05) is 39.8 Å². The minimum absolute atomic E-state index is 0. The third-order valence-electron chi connectivity index (χ3n) is 6.94. The highest BCUT2D eigenvalue weighted by Gasteiger charge is 2.33. The molecule has 0 aromatic heterocycles. The number of hydrogen-bond donors (Lipinski definition) is 1. The van der Waals surface area contributed by atoms with E-state index in [0.29, 0.717) is 42.7 Å². The van der Waals surface area contributed by atoms with Crippen LogP contribution in [-0.4, -0.2) is 45.4 Å². The Hall–Kier alpha value is -3.87. The lowest BCUT2D eigenvalue weighted by atomic mass is 9.92. The van der Waals surface area contributed by atoms with E-state index in [2.05, 4.69) is 17.4 Å². The van der Waals surface area contributed by atoms with Crippen LogP contribution >= 0.6 is 0 Å². The van der Waals surface area contributed by atoms with Gasteiger partial charge in [-0.05, 0) is 90.4 Å². The molecule has 0 radical (unpaired) electrons. The maximum Gasteiger partial charge on any atom is 0.322 e. The van der Waals surface area contributed by atoms with Crippen LogP contribution in [0.2, 0.25) is 0 Å². The molecule has 5 rings (SSSR count). The van der Waals surface area contributed by atoms with E-state index < -0.39 is 0 Å². The first kappa shape index (κ1) is 23.9. The summed E-state index contributed by atoms with van der Waals surface area (Å²) in [5, 5.41) is 3.08. The fraction of sp³-hybridized carbons (Fsp3) is 0.345. The van der Waals surface area contributed by atoms with Gasteiger partial charge in [-0.15, -0.1) is 0 Å².